The highest BCUT2D eigenvalue weighted by atomic mass is 32.2. The molecule has 3 nitrogen and oxygen atoms in total. The van der Waals surface area contributed by atoms with E-state index >= 15 is 0 Å². The molecule has 0 aliphatic carbocycles. The van der Waals surface area contributed by atoms with Gasteiger partial charge < -0.3 is 0 Å². The molecule has 2 aromatic carbocycles. The Balaban J connectivity index is 2.95. The molecule has 0 spiro atoms. The van der Waals surface area contributed by atoms with Crippen molar-refractivity contribution in [2.24, 2.45) is 0 Å². The highest BCUT2D eigenvalue weighted by Crippen LogP contribution is 2.27. The van der Waals surface area contributed by atoms with Crippen LogP contribution in [0.2, 0.25) is 0 Å². The average molecular weight is 236 g/mol. The first-order chi connectivity index (χ1) is 7.41. The Kier molecular flexibility index (Phi) is 2.48. The lowest BCUT2D eigenvalue weighted by Gasteiger charge is -2.09. The molecule has 2 aromatic rings. The van der Waals surface area contributed by atoms with Gasteiger partial charge in [0.1, 0.15) is 0 Å². The summed E-state index contributed by atoms with van der Waals surface area (Å²) < 4.78 is 31.4. The molecule has 0 fully saturated rings. The van der Waals surface area contributed by atoms with Crippen LogP contribution in [0, 0.1) is 13.8 Å². The Morgan fingerprint density at radius 1 is 1.06 bits per heavy atom. The van der Waals surface area contributed by atoms with Crippen LogP contribution in [0.3, 0.4) is 0 Å². The molecule has 4 heteroatoms. The number of hydrogen-bond donors (Lipinski definition) is 1. The molecule has 0 saturated carbocycles. The lowest BCUT2D eigenvalue weighted by atomic mass is 10.0. The molecule has 0 amide bonds. The van der Waals surface area contributed by atoms with Gasteiger partial charge in [0.05, 0.1) is 4.90 Å². The molecule has 0 unspecified atom stereocenters. The van der Waals surface area contributed by atoms with Crippen molar-refractivity contribution in [2.45, 2.75) is 18.7 Å². The summed E-state index contributed by atoms with van der Waals surface area (Å²) in [5.41, 5.74) is 1.60. The first-order valence-corrected chi connectivity index (χ1v) is 6.31. The first-order valence-electron chi connectivity index (χ1n) is 4.87. The normalized spacial score (nSPS) is 11.9. The van der Waals surface area contributed by atoms with Gasteiger partial charge in [0.15, 0.2) is 0 Å². The minimum Gasteiger partial charge on any atom is -0.282 e. The van der Waals surface area contributed by atoms with Crippen molar-refractivity contribution in [2.75, 3.05) is 0 Å². The maximum absolute atomic E-state index is 11.2. The van der Waals surface area contributed by atoms with Gasteiger partial charge in [-0.2, -0.15) is 8.42 Å². The molecule has 2 rings (SSSR count). The summed E-state index contributed by atoms with van der Waals surface area (Å²) in [5.74, 6) is 0. The van der Waals surface area contributed by atoms with E-state index in [4.69, 9.17) is 4.55 Å². The summed E-state index contributed by atoms with van der Waals surface area (Å²) in [4.78, 5) is -0.0192. The van der Waals surface area contributed by atoms with E-state index in [1.54, 1.807) is 13.0 Å². The molecule has 0 bridgehead atoms. The molecule has 0 heterocycles. The fraction of sp³-hybridized carbons (Fsp3) is 0.167. The van der Waals surface area contributed by atoms with Crippen LogP contribution >= 0.6 is 0 Å². The second kappa shape index (κ2) is 3.57. The van der Waals surface area contributed by atoms with Gasteiger partial charge in [-0.1, -0.05) is 24.3 Å². The fourth-order valence-corrected chi connectivity index (χ4v) is 2.76. The van der Waals surface area contributed by atoms with E-state index in [-0.39, 0.29) is 4.90 Å². The first kappa shape index (κ1) is 11.1. The molecule has 0 radical (unpaired) electrons. The SMILES string of the molecule is Cc1cccc2ccc(S(=O)(=O)O)c(C)c12. The van der Waals surface area contributed by atoms with Crippen molar-refractivity contribution in [1.82, 2.24) is 0 Å². The van der Waals surface area contributed by atoms with Crippen molar-refractivity contribution in [3.05, 3.63) is 41.5 Å². The van der Waals surface area contributed by atoms with Crippen LogP contribution in [-0.4, -0.2) is 13.0 Å². The standard InChI is InChI=1S/C12H12O3S/c1-8-4-3-5-10-6-7-11(16(13,14)15)9(2)12(8)10/h3-7H,1-2H3,(H,13,14,15). The van der Waals surface area contributed by atoms with Crippen LogP contribution in [0.15, 0.2) is 35.2 Å². The van der Waals surface area contributed by atoms with E-state index in [9.17, 15) is 8.42 Å². The third-order valence-electron chi connectivity index (χ3n) is 2.74. The van der Waals surface area contributed by atoms with E-state index in [0.29, 0.717) is 5.56 Å². The summed E-state index contributed by atoms with van der Waals surface area (Å²) in [6.07, 6.45) is 0. The van der Waals surface area contributed by atoms with Gasteiger partial charge in [0.25, 0.3) is 10.1 Å². The zero-order valence-corrected chi connectivity index (χ0v) is 9.88. The van der Waals surface area contributed by atoms with Crippen LogP contribution in [0.4, 0.5) is 0 Å². The maximum atomic E-state index is 11.2. The lowest BCUT2D eigenvalue weighted by molar-refractivity contribution is 0.483. The third kappa shape index (κ3) is 1.70. The molecule has 84 valence electrons. The zero-order valence-electron chi connectivity index (χ0n) is 9.06. The minimum absolute atomic E-state index is 0.0192. The smallest absolute Gasteiger partial charge is 0.282 e. The van der Waals surface area contributed by atoms with E-state index in [0.717, 1.165) is 16.3 Å². The zero-order chi connectivity index (χ0) is 11.9. The van der Waals surface area contributed by atoms with Crippen molar-refractivity contribution in [1.29, 1.82) is 0 Å². The van der Waals surface area contributed by atoms with Gasteiger partial charge in [0.2, 0.25) is 0 Å². The summed E-state index contributed by atoms with van der Waals surface area (Å²) in [6.45, 7) is 3.63. The molecule has 0 aliphatic rings. The fourth-order valence-electron chi connectivity index (χ4n) is 2.03. The molecule has 0 atom stereocenters. The molecular weight excluding hydrogens is 224 g/mol. The van der Waals surface area contributed by atoms with Crippen LogP contribution in [-0.2, 0) is 10.1 Å². The molecule has 0 saturated heterocycles. The maximum Gasteiger partial charge on any atom is 0.294 e. The average Bonchev–Trinajstić information content (AvgIpc) is 2.16. The summed E-state index contributed by atoms with van der Waals surface area (Å²) in [6, 6.07) is 8.90. The predicted octanol–water partition coefficient (Wildman–Crippen LogP) is 2.70. The molecule has 16 heavy (non-hydrogen) atoms. The Morgan fingerprint density at radius 2 is 1.75 bits per heavy atom. The number of rotatable bonds is 1. The van der Waals surface area contributed by atoms with Crippen LogP contribution in [0.25, 0.3) is 10.8 Å². The van der Waals surface area contributed by atoms with Gasteiger partial charge in [-0.05, 0) is 41.8 Å². The number of aryl methyl sites for hydroxylation is 2. The number of fused-ring (bicyclic) bond motifs is 1. The summed E-state index contributed by atoms with van der Waals surface area (Å²) in [5, 5.41) is 1.86. The quantitative estimate of drug-likeness (QED) is 0.774. The number of benzene rings is 2. The Hall–Kier alpha value is -1.39. The minimum atomic E-state index is -4.14. The van der Waals surface area contributed by atoms with Gasteiger partial charge in [-0.15, -0.1) is 0 Å². The van der Waals surface area contributed by atoms with Gasteiger partial charge in [-0.3, -0.25) is 4.55 Å². The van der Waals surface area contributed by atoms with E-state index in [1.807, 2.05) is 25.1 Å². The van der Waals surface area contributed by atoms with Crippen LogP contribution in [0.1, 0.15) is 11.1 Å². The summed E-state index contributed by atoms with van der Waals surface area (Å²) in [7, 11) is -4.14. The Morgan fingerprint density at radius 3 is 2.38 bits per heavy atom. The summed E-state index contributed by atoms with van der Waals surface area (Å²) >= 11 is 0. The molecular formula is C12H12O3S. The molecule has 0 aromatic heterocycles. The predicted molar refractivity (Wildman–Crippen MR) is 63.2 cm³/mol. The molecule has 1 N–H and O–H groups in total. The van der Waals surface area contributed by atoms with Gasteiger partial charge in [-0.25, -0.2) is 0 Å². The third-order valence-corrected chi connectivity index (χ3v) is 3.74. The topological polar surface area (TPSA) is 54.4 Å². The largest absolute Gasteiger partial charge is 0.294 e. The van der Waals surface area contributed by atoms with E-state index in [2.05, 4.69) is 0 Å². The Bertz CT molecular complexity index is 657. The second-order valence-electron chi connectivity index (χ2n) is 3.84. The van der Waals surface area contributed by atoms with E-state index in [1.165, 1.54) is 6.07 Å². The number of hydrogen-bond acceptors (Lipinski definition) is 2. The monoisotopic (exact) mass is 236 g/mol. The molecule has 0 aliphatic heterocycles. The van der Waals surface area contributed by atoms with E-state index < -0.39 is 10.1 Å². The van der Waals surface area contributed by atoms with Crippen LogP contribution < -0.4 is 0 Å². The van der Waals surface area contributed by atoms with Crippen molar-refractivity contribution >= 4 is 20.9 Å². The van der Waals surface area contributed by atoms with Crippen molar-refractivity contribution < 1.29 is 13.0 Å². The lowest BCUT2D eigenvalue weighted by Crippen LogP contribution is -2.01. The van der Waals surface area contributed by atoms with Crippen molar-refractivity contribution in [3.63, 3.8) is 0 Å². The highest BCUT2D eigenvalue weighted by molar-refractivity contribution is 7.85. The highest BCUT2D eigenvalue weighted by Gasteiger charge is 2.15. The van der Waals surface area contributed by atoms with Crippen LogP contribution in [0.5, 0.6) is 0 Å². The van der Waals surface area contributed by atoms with Crippen molar-refractivity contribution in [3.8, 4) is 0 Å². The van der Waals surface area contributed by atoms with Gasteiger partial charge >= 0.3 is 0 Å². The van der Waals surface area contributed by atoms with Gasteiger partial charge in [0, 0.05) is 0 Å². The Labute approximate surface area is 94.5 Å². The second-order valence-corrected chi connectivity index (χ2v) is 5.23.